The summed E-state index contributed by atoms with van der Waals surface area (Å²) in [5.74, 6) is 1.62. The molecular weight excluding hydrogens is 264 g/mol. The minimum atomic E-state index is 0.393. The van der Waals surface area contributed by atoms with Gasteiger partial charge in [-0.1, -0.05) is 24.4 Å². The van der Waals surface area contributed by atoms with E-state index in [-0.39, 0.29) is 0 Å². The predicted octanol–water partition coefficient (Wildman–Crippen LogP) is 3.72. The second kappa shape index (κ2) is 7.41. The monoisotopic (exact) mass is 292 g/mol. The van der Waals surface area contributed by atoms with Crippen LogP contribution >= 0.6 is 0 Å². The molecule has 0 radical (unpaired) electrons. The number of aromatic nitrogens is 1. The fourth-order valence-electron chi connectivity index (χ4n) is 3.62. The predicted molar refractivity (Wildman–Crippen MR) is 82.3 cm³/mol. The molecule has 1 saturated carbocycles. The minimum Gasteiger partial charge on any atom is -0.377 e. The highest BCUT2D eigenvalue weighted by Crippen LogP contribution is 2.32. The lowest BCUT2D eigenvalue weighted by Gasteiger charge is -2.26. The van der Waals surface area contributed by atoms with E-state index in [1.807, 2.05) is 0 Å². The van der Waals surface area contributed by atoms with Crippen molar-refractivity contribution in [3.05, 3.63) is 17.5 Å². The first-order valence-electron chi connectivity index (χ1n) is 8.57. The second-order valence-corrected chi connectivity index (χ2v) is 6.74. The van der Waals surface area contributed by atoms with Gasteiger partial charge in [0, 0.05) is 25.1 Å². The molecule has 1 aliphatic carbocycles. The lowest BCUT2D eigenvalue weighted by molar-refractivity contribution is -0.00360. The summed E-state index contributed by atoms with van der Waals surface area (Å²) in [6, 6.07) is 2.17. The highest BCUT2D eigenvalue weighted by molar-refractivity contribution is 5.11. The Kier molecular flexibility index (Phi) is 5.31. The van der Waals surface area contributed by atoms with Gasteiger partial charge in [0.05, 0.1) is 18.3 Å². The van der Waals surface area contributed by atoms with Crippen LogP contribution in [-0.2, 0) is 11.3 Å². The maximum atomic E-state index is 5.80. The highest BCUT2D eigenvalue weighted by atomic mass is 16.5. The zero-order valence-electron chi connectivity index (χ0n) is 13.2. The van der Waals surface area contributed by atoms with E-state index in [9.17, 15) is 0 Å². The van der Waals surface area contributed by atoms with Gasteiger partial charge >= 0.3 is 0 Å². The van der Waals surface area contributed by atoms with Crippen molar-refractivity contribution in [1.29, 1.82) is 0 Å². The molecule has 1 aromatic heterocycles. The van der Waals surface area contributed by atoms with E-state index in [4.69, 9.17) is 9.26 Å². The maximum absolute atomic E-state index is 5.80. The molecule has 1 unspecified atom stereocenters. The molecule has 118 valence electrons. The molecule has 4 heteroatoms. The van der Waals surface area contributed by atoms with Gasteiger partial charge in [-0.15, -0.1) is 0 Å². The number of rotatable bonds is 5. The molecule has 0 bridgehead atoms. The van der Waals surface area contributed by atoms with E-state index in [1.54, 1.807) is 0 Å². The van der Waals surface area contributed by atoms with Crippen LogP contribution in [0.15, 0.2) is 10.6 Å². The topological polar surface area (TPSA) is 38.5 Å². The summed E-state index contributed by atoms with van der Waals surface area (Å²) in [6.07, 6.45) is 10.7. The third-order valence-electron chi connectivity index (χ3n) is 4.82. The molecular formula is C17H28N2O2. The zero-order chi connectivity index (χ0) is 14.5. The van der Waals surface area contributed by atoms with E-state index in [0.29, 0.717) is 12.0 Å². The fraction of sp³-hybridized carbons (Fsp3) is 0.824. The van der Waals surface area contributed by atoms with Crippen LogP contribution in [0.2, 0.25) is 0 Å². The first-order chi connectivity index (χ1) is 10.3. The van der Waals surface area contributed by atoms with Gasteiger partial charge in [-0.25, -0.2) is 0 Å². The van der Waals surface area contributed by atoms with E-state index in [1.165, 1.54) is 57.1 Å². The molecule has 2 aliphatic rings. The average molecular weight is 292 g/mol. The third kappa shape index (κ3) is 4.30. The summed E-state index contributed by atoms with van der Waals surface area (Å²) in [5, 5.41) is 4.31. The average Bonchev–Trinajstić information content (AvgIpc) is 2.97. The van der Waals surface area contributed by atoms with Crippen molar-refractivity contribution in [2.45, 2.75) is 69.9 Å². The summed E-state index contributed by atoms with van der Waals surface area (Å²) in [5.41, 5.74) is 1.17. The van der Waals surface area contributed by atoms with Gasteiger partial charge in [-0.3, -0.25) is 4.90 Å². The van der Waals surface area contributed by atoms with Gasteiger partial charge in [-0.05, 0) is 39.2 Å². The molecule has 0 spiro atoms. The van der Waals surface area contributed by atoms with Crippen LogP contribution in [0, 0.1) is 0 Å². The first kappa shape index (κ1) is 15.0. The first-order valence-corrected chi connectivity index (χ1v) is 8.57. The minimum absolute atomic E-state index is 0.393. The quantitative estimate of drug-likeness (QED) is 0.829. The Bertz CT molecular complexity index is 420. The van der Waals surface area contributed by atoms with Crippen molar-refractivity contribution in [2.24, 2.45) is 0 Å². The van der Waals surface area contributed by atoms with E-state index < -0.39 is 0 Å². The summed E-state index contributed by atoms with van der Waals surface area (Å²) in [6.45, 7) is 2.74. The Morgan fingerprint density at radius 2 is 1.95 bits per heavy atom. The smallest absolute Gasteiger partial charge is 0.150 e. The Morgan fingerprint density at radius 3 is 2.71 bits per heavy atom. The zero-order valence-corrected chi connectivity index (χ0v) is 13.2. The van der Waals surface area contributed by atoms with Crippen LogP contribution in [-0.4, -0.2) is 36.4 Å². The Morgan fingerprint density at radius 1 is 1.14 bits per heavy atom. The maximum Gasteiger partial charge on any atom is 0.150 e. The summed E-state index contributed by atoms with van der Waals surface area (Å²) in [4.78, 5) is 2.29. The Balaban J connectivity index is 1.49. The second-order valence-electron chi connectivity index (χ2n) is 6.74. The van der Waals surface area contributed by atoms with Crippen molar-refractivity contribution < 1.29 is 9.26 Å². The third-order valence-corrected chi connectivity index (χ3v) is 4.82. The lowest BCUT2D eigenvalue weighted by Crippen LogP contribution is -2.32. The van der Waals surface area contributed by atoms with Crippen LogP contribution in [0.1, 0.15) is 68.7 Å². The number of nitrogens with zero attached hydrogens (tertiary/aromatic N) is 2. The molecule has 3 rings (SSSR count). The van der Waals surface area contributed by atoms with Gasteiger partial charge in [0.1, 0.15) is 0 Å². The van der Waals surface area contributed by atoms with Crippen molar-refractivity contribution in [3.63, 3.8) is 0 Å². The fourth-order valence-corrected chi connectivity index (χ4v) is 3.62. The lowest BCUT2D eigenvalue weighted by atomic mass is 9.87. The van der Waals surface area contributed by atoms with E-state index in [0.717, 1.165) is 25.5 Å². The van der Waals surface area contributed by atoms with Crippen LogP contribution in [0.3, 0.4) is 0 Å². The van der Waals surface area contributed by atoms with E-state index >= 15 is 0 Å². The molecule has 1 aliphatic heterocycles. The van der Waals surface area contributed by atoms with Crippen molar-refractivity contribution >= 4 is 0 Å². The van der Waals surface area contributed by atoms with Gasteiger partial charge in [-0.2, -0.15) is 0 Å². The van der Waals surface area contributed by atoms with Crippen LogP contribution in [0.25, 0.3) is 0 Å². The molecule has 2 heterocycles. The summed E-state index contributed by atoms with van der Waals surface area (Å²) in [7, 11) is 2.14. The van der Waals surface area contributed by atoms with Crippen molar-refractivity contribution in [3.8, 4) is 0 Å². The molecule has 1 saturated heterocycles. The molecule has 0 aromatic carbocycles. The van der Waals surface area contributed by atoms with Gasteiger partial charge in [0.25, 0.3) is 0 Å². The molecule has 4 nitrogen and oxygen atoms in total. The standard InChI is InChI=1S/C17H28N2O2/c1-19(12-15-9-5-6-10-20-15)13-16-11-17(18-21-16)14-7-3-2-4-8-14/h11,14-15H,2-10,12-13H2,1H3. The largest absolute Gasteiger partial charge is 0.377 e. The normalized spacial score (nSPS) is 24.6. The summed E-state index contributed by atoms with van der Waals surface area (Å²) >= 11 is 0. The number of ether oxygens (including phenoxy) is 1. The molecule has 2 fully saturated rings. The molecule has 1 aromatic rings. The van der Waals surface area contributed by atoms with Crippen molar-refractivity contribution in [2.75, 3.05) is 20.2 Å². The number of hydrogen-bond acceptors (Lipinski definition) is 4. The molecule has 0 amide bonds. The Hall–Kier alpha value is -0.870. The molecule has 0 N–H and O–H groups in total. The SMILES string of the molecule is CN(Cc1cc(C2CCCCC2)no1)CC1CCCCO1. The van der Waals surface area contributed by atoms with E-state index in [2.05, 4.69) is 23.2 Å². The van der Waals surface area contributed by atoms with Gasteiger partial charge in [0.15, 0.2) is 5.76 Å². The summed E-state index contributed by atoms with van der Waals surface area (Å²) < 4.78 is 11.3. The Labute approximate surface area is 127 Å². The van der Waals surface area contributed by atoms with Gasteiger partial charge < -0.3 is 9.26 Å². The number of likely N-dealkylation sites (N-methyl/N-ethyl adjacent to an activating group) is 1. The van der Waals surface area contributed by atoms with Crippen molar-refractivity contribution in [1.82, 2.24) is 10.1 Å². The molecule has 1 atom stereocenters. The van der Waals surface area contributed by atoms with Crippen LogP contribution in [0.5, 0.6) is 0 Å². The number of hydrogen-bond donors (Lipinski definition) is 0. The van der Waals surface area contributed by atoms with Crippen LogP contribution < -0.4 is 0 Å². The molecule has 21 heavy (non-hydrogen) atoms. The highest BCUT2D eigenvalue weighted by Gasteiger charge is 2.21. The van der Waals surface area contributed by atoms with Crippen LogP contribution in [0.4, 0.5) is 0 Å². The van der Waals surface area contributed by atoms with Gasteiger partial charge in [0.2, 0.25) is 0 Å².